The fourth-order valence-electron chi connectivity index (χ4n) is 2.12. The highest BCUT2D eigenvalue weighted by Crippen LogP contribution is 2.15. The van der Waals surface area contributed by atoms with Crippen molar-refractivity contribution in [2.24, 2.45) is 0 Å². The first-order valence-corrected chi connectivity index (χ1v) is 6.73. The number of ketones is 2. The van der Waals surface area contributed by atoms with Crippen molar-refractivity contribution in [2.45, 2.75) is 12.8 Å². The standard InChI is InChI=1S/C15H11FN4O3/c16-11-3-1-2-9(5-11)4-10-6-12(23-8-10)7-13(21)14(22)15-17-19-20-18-15/h1-3,5-6,8H,4,7H2,(H,17,18,19,20). The minimum absolute atomic E-state index is 0.198. The minimum atomic E-state index is -0.832. The summed E-state index contributed by atoms with van der Waals surface area (Å²) in [4.78, 5) is 23.6. The lowest BCUT2D eigenvalue weighted by Gasteiger charge is -1.97. The van der Waals surface area contributed by atoms with Gasteiger partial charge in [0, 0.05) is 6.42 Å². The van der Waals surface area contributed by atoms with Crippen LogP contribution in [0, 0.1) is 5.82 Å². The quantitative estimate of drug-likeness (QED) is 0.546. The molecule has 2 heterocycles. The first kappa shape index (κ1) is 14.8. The van der Waals surface area contributed by atoms with Gasteiger partial charge in [-0.25, -0.2) is 4.39 Å². The van der Waals surface area contributed by atoms with Gasteiger partial charge in [0.15, 0.2) is 0 Å². The summed E-state index contributed by atoms with van der Waals surface area (Å²) in [6.07, 6.45) is 1.75. The summed E-state index contributed by atoms with van der Waals surface area (Å²) in [6.45, 7) is 0. The van der Waals surface area contributed by atoms with Crippen LogP contribution in [-0.2, 0) is 17.6 Å². The number of tetrazole rings is 1. The molecule has 0 saturated carbocycles. The largest absolute Gasteiger partial charge is 0.469 e. The lowest BCUT2D eigenvalue weighted by Crippen LogP contribution is -2.18. The van der Waals surface area contributed by atoms with E-state index in [1.807, 2.05) is 0 Å². The van der Waals surface area contributed by atoms with Gasteiger partial charge in [0.05, 0.1) is 12.7 Å². The van der Waals surface area contributed by atoms with Gasteiger partial charge in [0.2, 0.25) is 11.6 Å². The topological polar surface area (TPSA) is 102 Å². The van der Waals surface area contributed by atoms with E-state index in [1.165, 1.54) is 18.4 Å². The number of nitrogens with one attached hydrogen (secondary N) is 1. The minimum Gasteiger partial charge on any atom is -0.469 e. The molecule has 0 aliphatic carbocycles. The molecule has 1 N–H and O–H groups in total. The predicted octanol–water partition coefficient (Wildman–Crippen LogP) is 1.52. The predicted molar refractivity (Wildman–Crippen MR) is 75.1 cm³/mol. The van der Waals surface area contributed by atoms with Crippen molar-refractivity contribution in [3.8, 4) is 0 Å². The Labute approximate surface area is 129 Å². The zero-order valence-corrected chi connectivity index (χ0v) is 11.8. The third kappa shape index (κ3) is 3.54. The van der Waals surface area contributed by atoms with Crippen LogP contribution in [0.5, 0.6) is 0 Å². The molecule has 0 spiro atoms. The van der Waals surface area contributed by atoms with Gasteiger partial charge < -0.3 is 4.42 Å². The van der Waals surface area contributed by atoms with Crippen LogP contribution in [0.25, 0.3) is 0 Å². The number of Topliss-reactive ketones (excluding diaryl/α,β-unsaturated/α-hetero) is 2. The van der Waals surface area contributed by atoms with Gasteiger partial charge in [-0.05, 0) is 34.5 Å². The molecule has 0 aliphatic heterocycles. The summed E-state index contributed by atoms with van der Waals surface area (Å²) in [7, 11) is 0. The molecular weight excluding hydrogens is 303 g/mol. The molecular formula is C15H11FN4O3. The van der Waals surface area contributed by atoms with Gasteiger partial charge in [-0.1, -0.05) is 12.1 Å². The Kier molecular flexibility index (Phi) is 4.05. The fraction of sp³-hybridized carbons (Fsp3) is 0.133. The summed E-state index contributed by atoms with van der Waals surface area (Å²) < 4.78 is 18.4. The number of nitrogens with zero attached hydrogens (tertiary/aromatic N) is 3. The third-order valence-electron chi connectivity index (χ3n) is 3.14. The van der Waals surface area contributed by atoms with Gasteiger partial charge in [-0.2, -0.15) is 5.21 Å². The molecule has 0 unspecified atom stereocenters. The first-order chi connectivity index (χ1) is 11.1. The molecule has 8 heteroatoms. The van der Waals surface area contributed by atoms with Crippen molar-refractivity contribution in [3.05, 3.63) is 65.1 Å². The summed E-state index contributed by atoms with van der Waals surface area (Å²) in [6, 6.07) is 7.87. The smallest absolute Gasteiger partial charge is 0.269 e. The second kappa shape index (κ2) is 6.30. The number of carbonyl (C=O) groups is 2. The zero-order chi connectivity index (χ0) is 16.2. The van der Waals surface area contributed by atoms with E-state index in [0.29, 0.717) is 12.2 Å². The average Bonchev–Trinajstić information content (AvgIpc) is 3.18. The summed E-state index contributed by atoms with van der Waals surface area (Å²) >= 11 is 0. The molecule has 0 radical (unpaired) electrons. The van der Waals surface area contributed by atoms with Crippen LogP contribution >= 0.6 is 0 Å². The number of carbonyl (C=O) groups excluding carboxylic acids is 2. The van der Waals surface area contributed by atoms with Crippen molar-refractivity contribution in [2.75, 3.05) is 0 Å². The first-order valence-electron chi connectivity index (χ1n) is 6.73. The molecule has 116 valence electrons. The van der Waals surface area contributed by atoms with Crippen LogP contribution < -0.4 is 0 Å². The van der Waals surface area contributed by atoms with E-state index in [1.54, 1.807) is 18.2 Å². The number of hydrogen-bond acceptors (Lipinski definition) is 6. The second-order valence-corrected chi connectivity index (χ2v) is 4.89. The maximum absolute atomic E-state index is 13.1. The molecule has 23 heavy (non-hydrogen) atoms. The third-order valence-corrected chi connectivity index (χ3v) is 3.14. The lowest BCUT2D eigenvalue weighted by atomic mass is 10.1. The van der Waals surface area contributed by atoms with Crippen molar-refractivity contribution in [1.29, 1.82) is 0 Å². The van der Waals surface area contributed by atoms with E-state index in [2.05, 4.69) is 20.6 Å². The number of benzene rings is 1. The Morgan fingerprint density at radius 3 is 2.83 bits per heavy atom. The molecule has 0 atom stereocenters. The number of halogens is 1. The average molecular weight is 314 g/mol. The van der Waals surface area contributed by atoms with Gasteiger partial charge in [0.25, 0.3) is 5.78 Å². The number of rotatable bonds is 6. The highest BCUT2D eigenvalue weighted by Gasteiger charge is 2.22. The van der Waals surface area contributed by atoms with Crippen LogP contribution in [0.15, 0.2) is 41.0 Å². The van der Waals surface area contributed by atoms with E-state index < -0.39 is 11.6 Å². The Morgan fingerprint density at radius 2 is 2.09 bits per heavy atom. The molecule has 0 amide bonds. The normalized spacial score (nSPS) is 10.7. The number of aromatic nitrogens is 4. The van der Waals surface area contributed by atoms with E-state index in [9.17, 15) is 14.0 Å². The van der Waals surface area contributed by atoms with Crippen LogP contribution in [0.1, 0.15) is 27.5 Å². The van der Waals surface area contributed by atoms with Gasteiger partial charge >= 0.3 is 0 Å². The molecule has 7 nitrogen and oxygen atoms in total. The molecule has 0 aliphatic rings. The van der Waals surface area contributed by atoms with E-state index in [0.717, 1.165) is 11.1 Å². The van der Waals surface area contributed by atoms with Crippen molar-refractivity contribution >= 4 is 11.6 Å². The Balaban J connectivity index is 1.65. The molecule has 3 rings (SSSR count). The van der Waals surface area contributed by atoms with Crippen LogP contribution in [0.2, 0.25) is 0 Å². The van der Waals surface area contributed by atoms with Crippen molar-refractivity contribution < 1.29 is 18.4 Å². The van der Waals surface area contributed by atoms with Gasteiger partial charge in [-0.3, -0.25) is 9.59 Å². The van der Waals surface area contributed by atoms with Crippen LogP contribution in [-0.4, -0.2) is 32.2 Å². The molecule has 2 aromatic heterocycles. The number of hydrogen-bond donors (Lipinski definition) is 1. The highest BCUT2D eigenvalue weighted by molar-refractivity contribution is 6.42. The second-order valence-electron chi connectivity index (χ2n) is 4.89. The summed E-state index contributed by atoms with van der Waals surface area (Å²) in [5.74, 6) is -1.77. The fourth-order valence-corrected chi connectivity index (χ4v) is 2.12. The molecule has 0 bridgehead atoms. The van der Waals surface area contributed by atoms with Crippen LogP contribution in [0.4, 0.5) is 4.39 Å². The van der Waals surface area contributed by atoms with Crippen molar-refractivity contribution in [1.82, 2.24) is 20.6 Å². The number of furan rings is 1. The van der Waals surface area contributed by atoms with Gasteiger partial charge in [0.1, 0.15) is 11.6 Å². The molecule has 1 aromatic carbocycles. The zero-order valence-electron chi connectivity index (χ0n) is 11.8. The van der Waals surface area contributed by atoms with E-state index in [-0.39, 0.29) is 18.1 Å². The molecule has 0 fully saturated rings. The maximum atomic E-state index is 13.1. The Bertz CT molecular complexity index is 842. The van der Waals surface area contributed by atoms with Crippen LogP contribution in [0.3, 0.4) is 0 Å². The lowest BCUT2D eigenvalue weighted by molar-refractivity contribution is -0.114. The SMILES string of the molecule is O=C(Cc1cc(Cc2cccc(F)c2)co1)C(=O)c1nn[nH]n1. The van der Waals surface area contributed by atoms with E-state index in [4.69, 9.17) is 4.42 Å². The number of H-pyrrole nitrogens is 1. The Hall–Kier alpha value is -3.16. The van der Waals surface area contributed by atoms with E-state index >= 15 is 0 Å². The highest BCUT2D eigenvalue weighted by atomic mass is 19.1. The molecule has 3 aromatic rings. The maximum Gasteiger partial charge on any atom is 0.269 e. The van der Waals surface area contributed by atoms with Crippen molar-refractivity contribution in [3.63, 3.8) is 0 Å². The Morgan fingerprint density at radius 1 is 1.22 bits per heavy atom. The summed E-state index contributed by atoms with van der Waals surface area (Å²) in [5.41, 5.74) is 1.57. The number of aromatic amines is 1. The molecule has 0 saturated heterocycles. The summed E-state index contributed by atoms with van der Waals surface area (Å²) in [5, 5.41) is 12.3. The monoisotopic (exact) mass is 314 g/mol. The van der Waals surface area contributed by atoms with Gasteiger partial charge in [-0.15, -0.1) is 10.2 Å².